The van der Waals surface area contributed by atoms with Gasteiger partial charge in [0.25, 0.3) is 5.22 Å². The van der Waals surface area contributed by atoms with Crippen molar-refractivity contribution in [3.8, 4) is 22.6 Å². The minimum absolute atomic E-state index is 0.164. The largest absolute Gasteiger partial charge is 0.431 e. The van der Waals surface area contributed by atoms with Gasteiger partial charge in [-0.15, -0.1) is 0 Å². The number of oxazole rings is 1. The first-order valence-corrected chi connectivity index (χ1v) is 10.7. The summed E-state index contributed by atoms with van der Waals surface area (Å²) in [5.41, 5.74) is 2.80. The normalized spacial score (nSPS) is 16.9. The Kier molecular flexibility index (Phi) is 5.81. The van der Waals surface area contributed by atoms with Gasteiger partial charge in [-0.3, -0.25) is 4.79 Å². The van der Waals surface area contributed by atoms with E-state index in [4.69, 9.17) is 9.40 Å². The number of piperidine rings is 1. The standard InChI is InChI=1S/C23H24N2O2S/c1-17-9-8-14-25(15-17)20(26)16-28-23-24-21(18-10-4-2-5-11-18)22(27-23)19-12-6-3-7-13-19/h2-7,10-13,17H,8-9,14-16H2,1H3/t17-/m1/s1. The van der Waals surface area contributed by atoms with Crippen LogP contribution in [0.2, 0.25) is 0 Å². The Labute approximate surface area is 170 Å². The van der Waals surface area contributed by atoms with Crippen molar-refractivity contribution < 1.29 is 9.21 Å². The summed E-state index contributed by atoms with van der Waals surface area (Å²) in [4.78, 5) is 19.3. The molecule has 1 atom stereocenters. The van der Waals surface area contributed by atoms with Crippen molar-refractivity contribution in [1.29, 1.82) is 0 Å². The van der Waals surface area contributed by atoms with Gasteiger partial charge >= 0.3 is 0 Å². The molecule has 2 heterocycles. The van der Waals surface area contributed by atoms with Crippen molar-refractivity contribution in [3.63, 3.8) is 0 Å². The van der Waals surface area contributed by atoms with Gasteiger partial charge in [-0.05, 0) is 18.8 Å². The molecule has 3 aromatic rings. The van der Waals surface area contributed by atoms with Crippen LogP contribution in [0.3, 0.4) is 0 Å². The number of carbonyl (C=O) groups excluding carboxylic acids is 1. The molecule has 1 saturated heterocycles. The maximum absolute atomic E-state index is 12.6. The molecule has 0 unspecified atom stereocenters. The summed E-state index contributed by atoms with van der Waals surface area (Å²) in [7, 11) is 0. The molecule has 28 heavy (non-hydrogen) atoms. The third-order valence-corrected chi connectivity index (χ3v) is 5.83. The highest BCUT2D eigenvalue weighted by molar-refractivity contribution is 7.99. The number of hydrogen-bond acceptors (Lipinski definition) is 4. The van der Waals surface area contributed by atoms with Gasteiger partial charge in [-0.25, -0.2) is 4.98 Å². The van der Waals surface area contributed by atoms with Crippen LogP contribution in [0, 0.1) is 5.92 Å². The minimum Gasteiger partial charge on any atom is -0.431 e. The molecule has 2 aromatic carbocycles. The smallest absolute Gasteiger partial charge is 0.257 e. The SMILES string of the molecule is C[C@@H]1CCCN(C(=O)CSc2nc(-c3ccccc3)c(-c3ccccc3)o2)C1. The zero-order chi connectivity index (χ0) is 19.3. The number of benzene rings is 2. The van der Waals surface area contributed by atoms with Crippen molar-refractivity contribution in [1.82, 2.24) is 9.88 Å². The van der Waals surface area contributed by atoms with Crippen molar-refractivity contribution in [2.24, 2.45) is 5.92 Å². The van der Waals surface area contributed by atoms with Crippen LogP contribution in [0.1, 0.15) is 19.8 Å². The van der Waals surface area contributed by atoms with Gasteiger partial charge in [0.05, 0.1) is 5.75 Å². The second kappa shape index (κ2) is 8.65. The van der Waals surface area contributed by atoms with Gasteiger partial charge in [0, 0.05) is 24.2 Å². The van der Waals surface area contributed by atoms with Gasteiger partial charge in [0.15, 0.2) is 5.76 Å². The van der Waals surface area contributed by atoms with E-state index < -0.39 is 0 Å². The summed E-state index contributed by atoms with van der Waals surface area (Å²) in [5, 5.41) is 0.538. The van der Waals surface area contributed by atoms with E-state index in [0.717, 1.165) is 42.1 Å². The fraction of sp³-hybridized carbons (Fsp3) is 0.304. The molecule has 0 radical (unpaired) electrons. The van der Waals surface area contributed by atoms with E-state index in [0.29, 0.717) is 16.9 Å². The number of rotatable bonds is 5. The third kappa shape index (κ3) is 4.30. The maximum atomic E-state index is 12.6. The molecule has 1 fully saturated rings. The van der Waals surface area contributed by atoms with Crippen LogP contribution in [0.5, 0.6) is 0 Å². The van der Waals surface area contributed by atoms with Gasteiger partial charge < -0.3 is 9.32 Å². The fourth-order valence-electron chi connectivity index (χ4n) is 3.57. The van der Waals surface area contributed by atoms with Crippen LogP contribution >= 0.6 is 11.8 Å². The van der Waals surface area contributed by atoms with Crippen LogP contribution in [0.25, 0.3) is 22.6 Å². The summed E-state index contributed by atoms with van der Waals surface area (Å²) in [6.07, 6.45) is 2.30. The molecule has 0 aliphatic carbocycles. The summed E-state index contributed by atoms with van der Waals surface area (Å²) < 4.78 is 6.10. The van der Waals surface area contributed by atoms with E-state index in [2.05, 4.69) is 6.92 Å². The Hall–Kier alpha value is -2.53. The second-order valence-corrected chi connectivity index (χ2v) is 8.19. The van der Waals surface area contributed by atoms with Crippen LogP contribution in [-0.2, 0) is 4.79 Å². The Bertz CT molecular complexity index is 867. The lowest BCUT2D eigenvalue weighted by Gasteiger charge is -2.30. The van der Waals surface area contributed by atoms with Crippen molar-refractivity contribution in [2.75, 3.05) is 18.8 Å². The zero-order valence-electron chi connectivity index (χ0n) is 16.0. The number of thioether (sulfide) groups is 1. The highest BCUT2D eigenvalue weighted by atomic mass is 32.2. The highest BCUT2D eigenvalue weighted by Gasteiger charge is 2.22. The minimum atomic E-state index is 0.164. The van der Waals surface area contributed by atoms with Crippen molar-refractivity contribution in [2.45, 2.75) is 25.0 Å². The van der Waals surface area contributed by atoms with E-state index in [1.54, 1.807) is 0 Å². The first kappa shape index (κ1) is 18.8. The summed E-state index contributed by atoms with van der Waals surface area (Å²) in [6, 6.07) is 20.0. The molecule has 0 N–H and O–H groups in total. The van der Waals surface area contributed by atoms with E-state index >= 15 is 0 Å². The van der Waals surface area contributed by atoms with Gasteiger partial charge in [0.1, 0.15) is 5.69 Å². The van der Waals surface area contributed by atoms with Crippen molar-refractivity contribution in [3.05, 3.63) is 60.7 Å². The predicted molar refractivity (Wildman–Crippen MR) is 113 cm³/mol. The zero-order valence-corrected chi connectivity index (χ0v) is 16.8. The first-order chi connectivity index (χ1) is 13.7. The van der Waals surface area contributed by atoms with Crippen LogP contribution in [-0.4, -0.2) is 34.6 Å². The first-order valence-electron chi connectivity index (χ1n) is 9.73. The molecule has 4 nitrogen and oxygen atoms in total. The molecule has 0 spiro atoms. The lowest BCUT2D eigenvalue weighted by Crippen LogP contribution is -2.40. The molecule has 5 heteroatoms. The average molecular weight is 393 g/mol. The number of aromatic nitrogens is 1. The molecule has 1 aliphatic heterocycles. The molecule has 1 amide bonds. The van der Waals surface area contributed by atoms with E-state index in [1.807, 2.05) is 65.6 Å². The van der Waals surface area contributed by atoms with Gasteiger partial charge in [0.2, 0.25) is 5.91 Å². The summed E-state index contributed by atoms with van der Waals surface area (Å²) in [5.74, 6) is 1.85. The number of amides is 1. The Morgan fingerprint density at radius 1 is 1.11 bits per heavy atom. The Morgan fingerprint density at radius 2 is 1.79 bits per heavy atom. The van der Waals surface area contributed by atoms with E-state index in [9.17, 15) is 4.79 Å². The number of carbonyl (C=O) groups is 1. The Balaban J connectivity index is 1.55. The Morgan fingerprint density at radius 3 is 2.46 bits per heavy atom. The van der Waals surface area contributed by atoms with Crippen LogP contribution < -0.4 is 0 Å². The fourth-order valence-corrected chi connectivity index (χ4v) is 4.30. The predicted octanol–water partition coefficient (Wildman–Crippen LogP) is 5.36. The molecule has 144 valence electrons. The second-order valence-electron chi connectivity index (χ2n) is 7.27. The molecule has 0 bridgehead atoms. The number of nitrogens with zero attached hydrogens (tertiary/aromatic N) is 2. The monoisotopic (exact) mass is 392 g/mol. The van der Waals surface area contributed by atoms with Crippen LogP contribution in [0.4, 0.5) is 0 Å². The van der Waals surface area contributed by atoms with Crippen LogP contribution in [0.15, 0.2) is 70.3 Å². The lowest BCUT2D eigenvalue weighted by atomic mass is 10.0. The molecule has 4 rings (SSSR count). The summed E-state index contributed by atoms with van der Waals surface area (Å²) >= 11 is 1.38. The van der Waals surface area contributed by atoms with Gasteiger partial charge in [-0.2, -0.15) is 0 Å². The van der Waals surface area contributed by atoms with Crippen molar-refractivity contribution >= 4 is 17.7 Å². The topological polar surface area (TPSA) is 46.3 Å². The molecule has 1 aliphatic rings. The van der Waals surface area contributed by atoms with Gasteiger partial charge in [-0.1, -0.05) is 79.3 Å². The van der Waals surface area contributed by atoms with E-state index in [-0.39, 0.29) is 5.91 Å². The molecular formula is C23H24N2O2S. The maximum Gasteiger partial charge on any atom is 0.257 e. The molecule has 1 aromatic heterocycles. The third-order valence-electron chi connectivity index (χ3n) is 5.02. The van der Waals surface area contributed by atoms with E-state index in [1.165, 1.54) is 18.2 Å². The summed E-state index contributed by atoms with van der Waals surface area (Å²) in [6.45, 7) is 3.92. The quantitative estimate of drug-likeness (QED) is 0.549. The number of likely N-dealkylation sites (tertiary alicyclic amines) is 1. The number of hydrogen-bond donors (Lipinski definition) is 0. The lowest BCUT2D eigenvalue weighted by molar-refractivity contribution is -0.130. The molecular weight excluding hydrogens is 368 g/mol. The molecule has 0 saturated carbocycles. The highest BCUT2D eigenvalue weighted by Crippen LogP contribution is 2.35. The average Bonchev–Trinajstić information content (AvgIpc) is 3.18.